The molecule has 6 heteroatoms. The van der Waals surface area contributed by atoms with Crippen molar-refractivity contribution in [3.8, 4) is 0 Å². The van der Waals surface area contributed by atoms with Gasteiger partial charge in [0.2, 0.25) is 5.95 Å². The maximum absolute atomic E-state index is 5.50. The summed E-state index contributed by atoms with van der Waals surface area (Å²) >= 11 is 7.29. The molecule has 78 valence electrons. The summed E-state index contributed by atoms with van der Waals surface area (Å²) in [5.41, 5.74) is 5.54. The molecule has 1 unspecified atom stereocenters. The molecule has 1 aliphatic rings. The number of aromatic nitrogens is 3. The van der Waals surface area contributed by atoms with E-state index in [1.165, 1.54) is 0 Å². The molecular weight excluding hydrogens is 312 g/mol. The summed E-state index contributed by atoms with van der Waals surface area (Å²) < 4.78 is -0.0328. The van der Waals surface area contributed by atoms with Gasteiger partial charge in [-0.05, 0) is 12.8 Å². The van der Waals surface area contributed by atoms with Crippen LogP contribution in [-0.4, -0.2) is 18.4 Å². The fraction of sp³-hybridized carbons (Fsp3) is 0.750. The molecule has 1 saturated carbocycles. The zero-order valence-corrected chi connectivity index (χ0v) is 11.0. The van der Waals surface area contributed by atoms with Gasteiger partial charge in [-0.15, -0.1) is 5.10 Å². The standard InChI is InChI=1S/C8H12Br2N4/c1-2-3-7(4-8(7,9)10)5-12-6(11)14-13-5/h2-4H2,1H3,(H3,11,12,13,14). The second-order valence-corrected chi connectivity index (χ2v) is 7.53. The van der Waals surface area contributed by atoms with Crippen molar-refractivity contribution in [2.75, 3.05) is 5.73 Å². The minimum atomic E-state index is -0.0328. The third kappa shape index (κ3) is 1.39. The van der Waals surface area contributed by atoms with Crippen molar-refractivity contribution in [2.45, 2.75) is 34.8 Å². The largest absolute Gasteiger partial charge is 0.367 e. The fourth-order valence-corrected chi connectivity index (χ4v) is 3.63. The molecule has 0 aromatic carbocycles. The first-order valence-electron chi connectivity index (χ1n) is 4.58. The number of nitrogens with zero attached hydrogens (tertiary/aromatic N) is 2. The molecule has 1 aromatic rings. The molecule has 0 bridgehead atoms. The van der Waals surface area contributed by atoms with Crippen LogP contribution in [0.4, 0.5) is 5.95 Å². The molecule has 2 rings (SSSR count). The molecule has 1 aliphatic carbocycles. The first kappa shape index (κ1) is 10.4. The summed E-state index contributed by atoms with van der Waals surface area (Å²) in [4.78, 5) is 4.21. The first-order chi connectivity index (χ1) is 6.52. The van der Waals surface area contributed by atoms with Crippen LogP contribution in [-0.2, 0) is 5.41 Å². The molecule has 0 amide bonds. The van der Waals surface area contributed by atoms with Gasteiger partial charge in [0.1, 0.15) is 5.82 Å². The van der Waals surface area contributed by atoms with E-state index in [1.54, 1.807) is 0 Å². The molecule has 1 aromatic heterocycles. The molecule has 4 nitrogen and oxygen atoms in total. The van der Waals surface area contributed by atoms with Crippen molar-refractivity contribution in [2.24, 2.45) is 0 Å². The van der Waals surface area contributed by atoms with Crippen molar-refractivity contribution in [3.05, 3.63) is 5.82 Å². The van der Waals surface area contributed by atoms with E-state index in [0.29, 0.717) is 5.95 Å². The smallest absolute Gasteiger partial charge is 0.239 e. The van der Waals surface area contributed by atoms with Crippen LogP contribution >= 0.6 is 31.9 Å². The lowest BCUT2D eigenvalue weighted by Gasteiger charge is -2.13. The number of hydrogen-bond donors (Lipinski definition) is 2. The quantitative estimate of drug-likeness (QED) is 0.839. The van der Waals surface area contributed by atoms with Crippen LogP contribution in [0.3, 0.4) is 0 Å². The Hall–Kier alpha value is -0.100. The Labute approximate surface area is 99.3 Å². The number of aromatic amines is 1. The average molecular weight is 324 g/mol. The number of H-pyrrole nitrogens is 1. The Bertz CT molecular complexity index is 349. The number of halogens is 2. The van der Waals surface area contributed by atoms with Crippen LogP contribution in [0.2, 0.25) is 0 Å². The van der Waals surface area contributed by atoms with Gasteiger partial charge in [-0.3, -0.25) is 5.10 Å². The highest BCUT2D eigenvalue weighted by molar-refractivity contribution is 9.25. The normalized spacial score (nSPS) is 29.1. The van der Waals surface area contributed by atoms with Gasteiger partial charge < -0.3 is 5.73 Å². The summed E-state index contributed by atoms with van der Waals surface area (Å²) in [5, 5.41) is 6.77. The summed E-state index contributed by atoms with van der Waals surface area (Å²) in [7, 11) is 0. The molecule has 0 spiro atoms. The molecule has 1 fully saturated rings. The molecule has 0 radical (unpaired) electrons. The van der Waals surface area contributed by atoms with Crippen molar-refractivity contribution in [3.63, 3.8) is 0 Å². The average Bonchev–Trinajstić information content (AvgIpc) is 2.46. The monoisotopic (exact) mass is 322 g/mol. The first-order valence-corrected chi connectivity index (χ1v) is 6.16. The highest BCUT2D eigenvalue weighted by Crippen LogP contribution is 2.68. The van der Waals surface area contributed by atoms with Crippen LogP contribution in [0.1, 0.15) is 32.0 Å². The summed E-state index contributed by atoms with van der Waals surface area (Å²) in [6.07, 6.45) is 3.19. The fourth-order valence-electron chi connectivity index (χ4n) is 1.90. The Balaban J connectivity index is 2.30. The molecule has 0 saturated heterocycles. The van der Waals surface area contributed by atoms with Crippen LogP contribution in [0.5, 0.6) is 0 Å². The Kier molecular flexibility index (Phi) is 2.38. The third-order valence-electron chi connectivity index (χ3n) is 2.73. The molecule has 0 aliphatic heterocycles. The summed E-state index contributed by atoms with van der Waals surface area (Å²) in [5.74, 6) is 1.20. The van der Waals surface area contributed by atoms with Crippen LogP contribution in [0, 0.1) is 0 Å². The van der Waals surface area contributed by atoms with Crippen molar-refractivity contribution >= 4 is 37.8 Å². The number of nitrogens with two attached hydrogens (primary N) is 1. The molecule has 1 heterocycles. The van der Waals surface area contributed by atoms with Gasteiger partial charge in [-0.25, -0.2) is 0 Å². The Morgan fingerprint density at radius 1 is 1.57 bits per heavy atom. The van der Waals surface area contributed by atoms with Crippen LogP contribution in [0.15, 0.2) is 0 Å². The van der Waals surface area contributed by atoms with E-state index in [1.807, 2.05) is 0 Å². The van der Waals surface area contributed by atoms with Crippen LogP contribution in [0.25, 0.3) is 0 Å². The number of rotatable bonds is 3. The van der Waals surface area contributed by atoms with Crippen molar-refractivity contribution < 1.29 is 0 Å². The number of nitrogen functional groups attached to an aromatic ring is 1. The van der Waals surface area contributed by atoms with E-state index in [2.05, 4.69) is 54.0 Å². The van der Waals surface area contributed by atoms with Gasteiger partial charge >= 0.3 is 0 Å². The predicted octanol–water partition coefficient (Wildman–Crippen LogP) is 2.31. The van der Waals surface area contributed by atoms with E-state index in [-0.39, 0.29) is 8.65 Å². The van der Waals surface area contributed by atoms with Gasteiger partial charge in [0.05, 0.1) is 8.65 Å². The SMILES string of the molecule is CCCC1(c2nc(N)n[nH]2)CC1(Br)Br. The van der Waals surface area contributed by atoms with Gasteiger partial charge in [-0.1, -0.05) is 45.2 Å². The second kappa shape index (κ2) is 3.20. The number of alkyl halides is 2. The Morgan fingerprint density at radius 2 is 2.21 bits per heavy atom. The lowest BCUT2D eigenvalue weighted by Crippen LogP contribution is -2.16. The second-order valence-electron chi connectivity index (χ2n) is 3.76. The molecule has 1 atom stereocenters. The molecular formula is C8H12Br2N4. The highest BCUT2D eigenvalue weighted by atomic mass is 79.9. The maximum atomic E-state index is 5.50. The lowest BCUT2D eigenvalue weighted by atomic mass is 10.0. The van der Waals surface area contributed by atoms with Crippen molar-refractivity contribution in [1.82, 2.24) is 15.2 Å². The summed E-state index contributed by atoms with van der Waals surface area (Å²) in [6, 6.07) is 0. The zero-order chi connectivity index (χ0) is 10.4. The number of hydrogen-bond acceptors (Lipinski definition) is 3. The van der Waals surface area contributed by atoms with Gasteiger partial charge in [0, 0.05) is 0 Å². The van der Waals surface area contributed by atoms with E-state index < -0.39 is 0 Å². The van der Waals surface area contributed by atoms with Crippen molar-refractivity contribution in [1.29, 1.82) is 0 Å². The van der Waals surface area contributed by atoms with Crippen LogP contribution < -0.4 is 5.73 Å². The van der Waals surface area contributed by atoms with E-state index in [0.717, 1.165) is 25.1 Å². The lowest BCUT2D eigenvalue weighted by molar-refractivity contribution is 0.572. The number of nitrogens with one attached hydrogen (secondary N) is 1. The summed E-state index contributed by atoms with van der Waals surface area (Å²) in [6.45, 7) is 2.16. The van der Waals surface area contributed by atoms with Gasteiger partial charge in [0.15, 0.2) is 0 Å². The number of anilines is 1. The van der Waals surface area contributed by atoms with E-state index in [4.69, 9.17) is 5.73 Å². The Morgan fingerprint density at radius 3 is 2.57 bits per heavy atom. The highest BCUT2D eigenvalue weighted by Gasteiger charge is 2.67. The van der Waals surface area contributed by atoms with Gasteiger partial charge in [-0.2, -0.15) is 4.98 Å². The van der Waals surface area contributed by atoms with Gasteiger partial charge in [0.25, 0.3) is 0 Å². The van der Waals surface area contributed by atoms with E-state index in [9.17, 15) is 0 Å². The van der Waals surface area contributed by atoms with E-state index >= 15 is 0 Å². The molecule has 14 heavy (non-hydrogen) atoms. The molecule has 3 N–H and O–H groups in total. The third-order valence-corrected chi connectivity index (χ3v) is 4.81. The zero-order valence-electron chi connectivity index (χ0n) is 7.85. The minimum absolute atomic E-state index is 0.0328. The maximum Gasteiger partial charge on any atom is 0.239 e. The predicted molar refractivity (Wildman–Crippen MR) is 62.6 cm³/mol. The minimum Gasteiger partial charge on any atom is -0.367 e. The topological polar surface area (TPSA) is 67.6 Å².